The monoisotopic (exact) mass is 275 g/mol. The number of rotatable bonds is 3. The van der Waals surface area contributed by atoms with E-state index in [0.717, 1.165) is 10.3 Å². The fourth-order valence-corrected chi connectivity index (χ4v) is 2.07. The van der Waals surface area contributed by atoms with Crippen LogP contribution in [0.4, 0.5) is 4.39 Å². The summed E-state index contributed by atoms with van der Waals surface area (Å²) in [7, 11) is 0. The summed E-state index contributed by atoms with van der Waals surface area (Å²) in [6, 6.07) is 0. The zero-order valence-electron chi connectivity index (χ0n) is 8.44. The van der Waals surface area contributed by atoms with Crippen molar-refractivity contribution in [1.82, 2.24) is 14.5 Å². The Bertz CT molecular complexity index is 635. The Balaban J connectivity index is 2.31. The van der Waals surface area contributed by atoms with Gasteiger partial charge in [0.1, 0.15) is 0 Å². The third-order valence-corrected chi connectivity index (χ3v) is 3.06. The third kappa shape index (κ3) is 2.45. The van der Waals surface area contributed by atoms with E-state index >= 15 is 0 Å². The first-order chi connectivity index (χ1) is 8.09. The molecule has 0 amide bonds. The van der Waals surface area contributed by atoms with Gasteiger partial charge in [0.25, 0.3) is 5.56 Å². The lowest BCUT2D eigenvalue weighted by atomic mass is 10.3. The summed E-state index contributed by atoms with van der Waals surface area (Å²) in [6.07, 6.45) is 0.382. The van der Waals surface area contributed by atoms with Crippen LogP contribution in [0.3, 0.4) is 0 Å². The third-order valence-electron chi connectivity index (χ3n) is 2.16. The summed E-state index contributed by atoms with van der Waals surface area (Å²) in [6.45, 7) is 0.0615. The van der Waals surface area contributed by atoms with Crippen molar-refractivity contribution in [2.45, 2.75) is 13.0 Å². The summed E-state index contributed by atoms with van der Waals surface area (Å²) >= 11 is 6.75. The SMILES string of the molecule is O=c1[nH]c(Cl)c(F)c(=O)n1CCc1cscn1. The minimum atomic E-state index is -1.15. The van der Waals surface area contributed by atoms with Crippen molar-refractivity contribution in [1.29, 1.82) is 0 Å². The van der Waals surface area contributed by atoms with Crippen molar-refractivity contribution >= 4 is 22.9 Å². The average molecular weight is 276 g/mol. The predicted octanol–water partition coefficient (Wildman–Crippen LogP) is 1.03. The molecule has 0 aliphatic rings. The Hall–Kier alpha value is -1.47. The highest BCUT2D eigenvalue weighted by molar-refractivity contribution is 7.07. The van der Waals surface area contributed by atoms with Crippen molar-refractivity contribution < 1.29 is 4.39 Å². The van der Waals surface area contributed by atoms with E-state index in [1.807, 2.05) is 0 Å². The number of aryl methyl sites for hydroxylation is 1. The number of hydrogen-bond acceptors (Lipinski definition) is 4. The van der Waals surface area contributed by atoms with Crippen molar-refractivity contribution in [3.63, 3.8) is 0 Å². The van der Waals surface area contributed by atoms with Crippen LogP contribution in [0.5, 0.6) is 0 Å². The maximum Gasteiger partial charge on any atom is 0.329 e. The number of hydrogen-bond donors (Lipinski definition) is 1. The van der Waals surface area contributed by atoms with Crippen LogP contribution in [0.25, 0.3) is 0 Å². The highest BCUT2D eigenvalue weighted by Gasteiger charge is 2.12. The van der Waals surface area contributed by atoms with Crippen molar-refractivity contribution in [2.75, 3.05) is 0 Å². The highest BCUT2D eigenvalue weighted by atomic mass is 35.5. The van der Waals surface area contributed by atoms with E-state index in [9.17, 15) is 14.0 Å². The minimum Gasteiger partial charge on any atom is -0.295 e. The van der Waals surface area contributed by atoms with E-state index in [2.05, 4.69) is 9.97 Å². The number of thiazole rings is 1. The Labute approximate surface area is 104 Å². The first kappa shape index (κ1) is 12.0. The van der Waals surface area contributed by atoms with Gasteiger partial charge in [-0.25, -0.2) is 9.78 Å². The second-order valence-electron chi connectivity index (χ2n) is 3.24. The van der Waals surface area contributed by atoms with E-state index in [1.54, 1.807) is 10.9 Å². The summed E-state index contributed by atoms with van der Waals surface area (Å²) in [4.78, 5) is 28.9. The van der Waals surface area contributed by atoms with Gasteiger partial charge >= 0.3 is 5.69 Å². The van der Waals surface area contributed by atoms with Gasteiger partial charge in [0.15, 0.2) is 5.15 Å². The van der Waals surface area contributed by atoms with Gasteiger partial charge in [-0.05, 0) is 0 Å². The van der Waals surface area contributed by atoms with E-state index < -0.39 is 22.2 Å². The van der Waals surface area contributed by atoms with Gasteiger partial charge in [0, 0.05) is 18.3 Å². The molecule has 0 saturated carbocycles. The molecule has 2 aromatic rings. The zero-order valence-corrected chi connectivity index (χ0v) is 10.0. The maximum atomic E-state index is 13.2. The maximum absolute atomic E-state index is 13.2. The standard InChI is InChI=1S/C9H7ClFN3O2S/c10-7-6(11)8(15)14(9(16)13-7)2-1-5-3-17-4-12-5/h3-4H,1-2H2,(H,13,16). The molecule has 1 N–H and O–H groups in total. The summed E-state index contributed by atoms with van der Waals surface area (Å²) in [5, 5.41) is 1.23. The molecule has 0 aliphatic heterocycles. The smallest absolute Gasteiger partial charge is 0.295 e. The van der Waals surface area contributed by atoms with Crippen LogP contribution < -0.4 is 11.2 Å². The van der Waals surface area contributed by atoms with Crippen molar-refractivity contribution in [3.05, 3.63) is 48.4 Å². The Morgan fingerprint density at radius 1 is 1.53 bits per heavy atom. The lowest BCUT2D eigenvalue weighted by Crippen LogP contribution is -2.37. The van der Waals surface area contributed by atoms with E-state index in [-0.39, 0.29) is 6.54 Å². The summed E-state index contributed by atoms with van der Waals surface area (Å²) in [5.74, 6) is -1.15. The van der Waals surface area contributed by atoms with Gasteiger partial charge in [0.2, 0.25) is 5.82 Å². The molecule has 0 spiro atoms. The van der Waals surface area contributed by atoms with Crippen LogP contribution in [-0.4, -0.2) is 14.5 Å². The molecular weight excluding hydrogens is 269 g/mol. The second-order valence-corrected chi connectivity index (χ2v) is 4.34. The van der Waals surface area contributed by atoms with Gasteiger partial charge < -0.3 is 0 Å². The molecule has 2 heterocycles. The number of nitrogens with one attached hydrogen (secondary N) is 1. The molecule has 90 valence electrons. The molecule has 2 aromatic heterocycles. The first-order valence-corrected chi connectivity index (χ1v) is 5.97. The van der Waals surface area contributed by atoms with Gasteiger partial charge in [0.05, 0.1) is 11.2 Å². The number of aromatic amines is 1. The number of nitrogens with zero attached hydrogens (tertiary/aromatic N) is 2. The van der Waals surface area contributed by atoms with E-state index in [1.165, 1.54) is 11.3 Å². The molecule has 0 bridgehead atoms. The normalized spacial score (nSPS) is 10.7. The molecule has 2 rings (SSSR count). The minimum absolute atomic E-state index is 0.0615. The Morgan fingerprint density at radius 2 is 2.29 bits per heavy atom. The molecular formula is C9H7ClFN3O2S. The topological polar surface area (TPSA) is 67.8 Å². The van der Waals surface area contributed by atoms with Gasteiger partial charge in [-0.2, -0.15) is 4.39 Å². The van der Waals surface area contributed by atoms with Crippen LogP contribution in [0.1, 0.15) is 5.69 Å². The molecule has 0 radical (unpaired) electrons. The Morgan fingerprint density at radius 3 is 2.94 bits per heavy atom. The predicted molar refractivity (Wildman–Crippen MR) is 62.1 cm³/mol. The highest BCUT2D eigenvalue weighted by Crippen LogP contribution is 2.04. The van der Waals surface area contributed by atoms with Crippen LogP contribution in [0.2, 0.25) is 5.15 Å². The largest absolute Gasteiger partial charge is 0.329 e. The second kappa shape index (κ2) is 4.80. The summed E-state index contributed by atoms with van der Waals surface area (Å²) < 4.78 is 14.0. The van der Waals surface area contributed by atoms with Gasteiger partial charge in [-0.3, -0.25) is 14.3 Å². The van der Waals surface area contributed by atoms with E-state index in [0.29, 0.717) is 6.42 Å². The molecule has 17 heavy (non-hydrogen) atoms. The molecule has 0 aromatic carbocycles. The molecule has 0 unspecified atom stereocenters. The first-order valence-electron chi connectivity index (χ1n) is 4.65. The number of aromatic nitrogens is 3. The van der Waals surface area contributed by atoms with Gasteiger partial charge in [-0.15, -0.1) is 11.3 Å². The van der Waals surface area contributed by atoms with E-state index in [4.69, 9.17) is 11.6 Å². The lowest BCUT2D eigenvalue weighted by molar-refractivity contribution is 0.537. The lowest BCUT2D eigenvalue weighted by Gasteiger charge is -2.03. The molecule has 0 atom stereocenters. The van der Waals surface area contributed by atoms with Gasteiger partial charge in [-0.1, -0.05) is 11.6 Å². The summed E-state index contributed by atoms with van der Waals surface area (Å²) in [5.41, 5.74) is 0.646. The fourth-order valence-electron chi connectivity index (χ4n) is 1.31. The van der Waals surface area contributed by atoms with Crippen molar-refractivity contribution in [2.24, 2.45) is 0 Å². The molecule has 0 aliphatic carbocycles. The fraction of sp³-hybridized carbons (Fsp3) is 0.222. The van der Waals surface area contributed by atoms with Crippen molar-refractivity contribution in [3.8, 4) is 0 Å². The number of halogens is 2. The van der Waals surface area contributed by atoms with Crippen LogP contribution in [0.15, 0.2) is 20.5 Å². The quantitative estimate of drug-likeness (QED) is 0.851. The van der Waals surface area contributed by atoms with Crippen LogP contribution in [-0.2, 0) is 13.0 Å². The number of H-pyrrole nitrogens is 1. The average Bonchev–Trinajstić information content (AvgIpc) is 2.79. The molecule has 5 nitrogen and oxygen atoms in total. The molecule has 0 fully saturated rings. The van der Waals surface area contributed by atoms with Crippen LogP contribution >= 0.6 is 22.9 Å². The Kier molecular flexibility index (Phi) is 3.39. The molecule has 8 heteroatoms. The molecule has 0 saturated heterocycles. The zero-order chi connectivity index (χ0) is 12.4. The van der Waals surface area contributed by atoms with Crippen LogP contribution in [0, 0.1) is 5.82 Å².